The van der Waals surface area contributed by atoms with E-state index in [1.165, 1.54) is 50.1 Å². The van der Waals surface area contributed by atoms with Crippen LogP contribution < -0.4 is 14.2 Å². The number of fused-ring (bicyclic) bond motifs is 6. The molecule has 0 saturated carbocycles. The molecule has 1 aliphatic carbocycles. The van der Waals surface area contributed by atoms with E-state index in [4.69, 9.17) is 14.2 Å². The first kappa shape index (κ1) is 43.8. The predicted molar refractivity (Wildman–Crippen MR) is 233 cm³/mol. The van der Waals surface area contributed by atoms with E-state index < -0.39 is 0 Å². The highest BCUT2D eigenvalue weighted by Gasteiger charge is 2.24. The van der Waals surface area contributed by atoms with Gasteiger partial charge in [0.15, 0.2) is 0 Å². The van der Waals surface area contributed by atoms with E-state index in [0.717, 1.165) is 133 Å². The minimum atomic E-state index is 0.0505. The van der Waals surface area contributed by atoms with E-state index in [-0.39, 0.29) is 16.2 Å². The third-order valence-electron chi connectivity index (χ3n) is 11.2. The molecule has 0 unspecified atom stereocenters. The Bertz CT molecular complexity index is 1360. The maximum absolute atomic E-state index is 6.80. The molecule has 0 heterocycles. The average molecular weight is 739 g/mol. The lowest BCUT2D eigenvalue weighted by Gasteiger charge is -2.26. The van der Waals surface area contributed by atoms with E-state index in [1.807, 2.05) is 0 Å². The summed E-state index contributed by atoms with van der Waals surface area (Å²) in [7, 11) is 0. The number of aryl methyl sites for hydroxylation is 6. The molecule has 0 saturated heterocycles. The Morgan fingerprint density at radius 1 is 0.370 bits per heavy atom. The summed E-state index contributed by atoms with van der Waals surface area (Å²) < 4.78 is 20.4. The number of hydrogen-bond acceptors (Lipinski definition) is 3. The summed E-state index contributed by atoms with van der Waals surface area (Å²) in [5.74, 6) is 3.43. The standard InChI is InChI=1S/C51H78O3/c1-13-16-28-52-46-37-22-19-24-39-33-44(50(7,8)9)35-41(47(39)53-29-17-14-2)26-21-27-42-36-45(51(10,11)12)34-40(48(42)54-30-18-15-3)25-20-23-38(46)32-43(31-37)49(4,5)6/h31-36H,13-30H2,1-12H3. The number of hydrogen-bond donors (Lipinski definition) is 0. The van der Waals surface area contributed by atoms with Gasteiger partial charge in [-0.05, 0) is 143 Å². The van der Waals surface area contributed by atoms with Crippen LogP contribution >= 0.6 is 0 Å². The SMILES string of the molecule is CCCCOc1c2cc(C(C)(C)C)cc1CCCc1cc(C(C)(C)C)cc(c1OCCCC)CCCc1cc(C(C)(C)C)cc(c1OCCCC)CCC2. The summed E-state index contributed by atoms with van der Waals surface area (Å²) in [6.07, 6.45) is 15.8. The maximum Gasteiger partial charge on any atom is 0.125 e. The van der Waals surface area contributed by atoms with Crippen LogP contribution in [0, 0.1) is 0 Å². The van der Waals surface area contributed by atoms with E-state index in [1.54, 1.807) is 0 Å². The number of unbranched alkanes of at least 4 members (excludes halogenated alkanes) is 3. The molecular formula is C51H78O3. The number of benzene rings is 3. The highest BCUT2D eigenvalue weighted by Crippen LogP contribution is 2.39. The van der Waals surface area contributed by atoms with Gasteiger partial charge in [-0.2, -0.15) is 0 Å². The van der Waals surface area contributed by atoms with Crippen LogP contribution in [0.25, 0.3) is 0 Å². The van der Waals surface area contributed by atoms with Gasteiger partial charge in [-0.15, -0.1) is 0 Å². The summed E-state index contributed by atoms with van der Waals surface area (Å²) in [5.41, 5.74) is 12.6. The summed E-state index contributed by atoms with van der Waals surface area (Å²) >= 11 is 0. The van der Waals surface area contributed by atoms with Gasteiger partial charge in [0, 0.05) is 0 Å². The fraction of sp³-hybridized carbons (Fsp3) is 0.647. The molecule has 0 aromatic heterocycles. The highest BCUT2D eigenvalue weighted by molar-refractivity contribution is 5.50. The van der Waals surface area contributed by atoms with Gasteiger partial charge in [0.1, 0.15) is 17.2 Å². The van der Waals surface area contributed by atoms with Crippen molar-refractivity contribution in [3.63, 3.8) is 0 Å². The predicted octanol–water partition coefficient (Wildman–Crippen LogP) is 14.0. The molecule has 0 amide bonds. The zero-order chi connectivity index (χ0) is 39.5. The highest BCUT2D eigenvalue weighted by atomic mass is 16.5. The Balaban J connectivity index is 1.94. The summed E-state index contributed by atoms with van der Waals surface area (Å²) in [4.78, 5) is 0. The molecule has 0 radical (unpaired) electrons. The third kappa shape index (κ3) is 12.3. The van der Waals surface area contributed by atoms with Gasteiger partial charge in [-0.3, -0.25) is 0 Å². The van der Waals surface area contributed by atoms with Crippen molar-refractivity contribution in [2.24, 2.45) is 0 Å². The van der Waals surface area contributed by atoms with Crippen molar-refractivity contribution >= 4 is 0 Å². The largest absolute Gasteiger partial charge is 0.493 e. The van der Waals surface area contributed by atoms with Crippen molar-refractivity contribution in [2.45, 2.75) is 196 Å². The Morgan fingerprint density at radius 2 is 0.574 bits per heavy atom. The number of rotatable bonds is 12. The van der Waals surface area contributed by atoms with Crippen molar-refractivity contribution in [3.05, 3.63) is 86.5 Å². The second-order valence-electron chi connectivity index (χ2n) is 19.3. The molecule has 54 heavy (non-hydrogen) atoms. The molecule has 0 atom stereocenters. The zero-order valence-corrected chi connectivity index (χ0v) is 36.9. The molecule has 3 heteroatoms. The first-order chi connectivity index (χ1) is 25.6. The molecule has 0 spiro atoms. The normalized spacial score (nSPS) is 14.7. The van der Waals surface area contributed by atoms with Crippen LogP contribution in [0.15, 0.2) is 36.4 Å². The van der Waals surface area contributed by atoms with E-state index >= 15 is 0 Å². The molecule has 3 aromatic carbocycles. The van der Waals surface area contributed by atoms with Crippen LogP contribution in [0.2, 0.25) is 0 Å². The molecule has 0 N–H and O–H groups in total. The van der Waals surface area contributed by atoms with Crippen LogP contribution in [0.4, 0.5) is 0 Å². The lowest BCUT2D eigenvalue weighted by Crippen LogP contribution is -2.16. The second kappa shape index (κ2) is 19.8. The van der Waals surface area contributed by atoms with Crippen molar-refractivity contribution in [2.75, 3.05) is 19.8 Å². The molecule has 3 nitrogen and oxygen atoms in total. The topological polar surface area (TPSA) is 27.7 Å². The van der Waals surface area contributed by atoms with Gasteiger partial charge >= 0.3 is 0 Å². The van der Waals surface area contributed by atoms with E-state index in [9.17, 15) is 0 Å². The van der Waals surface area contributed by atoms with Crippen molar-refractivity contribution in [1.29, 1.82) is 0 Å². The summed E-state index contributed by atoms with van der Waals surface area (Å²) in [6, 6.07) is 14.8. The maximum atomic E-state index is 6.80. The van der Waals surface area contributed by atoms with E-state index in [0.29, 0.717) is 0 Å². The molecule has 4 rings (SSSR count). The van der Waals surface area contributed by atoms with Gasteiger partial charge in [0.05, 0.1) is 19.8 Å². The van der Waals surface area contributed by atoms with Crippen LogP contribution in [0.3, 0.4) is 0 Å². The van der Waals surface area contributed by atoms with Crippen molar-refractivity contribution in [1.82, 2.24) is 0 Å². The Labute approximate surface area is 332 Å². The lowest BCUT2D eigenvalue weighted by molar-refractivity contribution is 0.300. The average Bonchev–Trinajstić information content (AvgIpc) is 3.09. The first-order valence-electron chi connectivity index (χ1n) is 21.9. The van der Waals surface area contributed by atoms with Crippen molar-refractivity contribution < 1.29 is 14.2 Å². The van der Waals surface area contributed by atoms with Crippen LogP contribution in [0.5, 0.6) is 17.2 Å². The Hall–Kier alpha value is -2.94. The molecule has 0 aliphatic heterocycles. The van der Waals surface area contributed by atoms with Gasteiger partial charge < -0.3 is 14.2 Å². The molecule has 1 aliphatic rings. The molecular weight excluding hydrogens is 661 g/mol. The Kier molecular flexibility index (Phi) is 16.0. The molecule has 3 aromatic rings. The zero-order valence-electron chi connectivity index (χ0n) is 36.9. The van der Waals surface area contributed by atoms with Gasteiger partial charge in [-0.1, -0.05) is 139 Å². The quantitative estimate of drug-likeness (QED) is 0.173. The van der Waals surface area contributed by atoms with E-state index in [2.05, 4.69) is 119 Å². The van der Waals surface area contributed by atoms with Crippen LogP contribution in [-0.2, 0) is 54.8 Å². The molecule has 300 valence electrons. The Morgan fingerprint density at radius 3 is 0.741 bits per heavy atom. The minimum Gasteiger partial charge on any atom is -0.493 e. The number of ether oxygens (including phenoxy) is 3. The first-order valence-corrected chi connectivity index (χ1v) is 21.9. The van der Waals surface area contributed by atoms with Gasteiger partial charge in [0.25, 0.3) is 0 Å². The van der Waals surface area contributed by atoms with Gasteiger partial charge in [-0.25, -0.2) is 0 Å². The monoisotopic (exact) mass is 739 g/mol. The smallest absolute Gasteiger partial charge is 0.125 e. The van der Waals surface area contributed by atoms with Gasteiger partial charge in [0.2, 0.25) is 0 Å². The molecule has 0 fully saturated rings. The van der Waals surface area contributed by atoms with Crippen LogP contribution in [0.1, 0.15) is 191 Å². The lowest BCUT2D eigenvalue weighted by atomic mass is 9.81. The summed E-state index contributed by atoms with van der Waals surface area (Å²) in [5, 5.41) is 0. The van der Waals surface area contributed by atoms with Crippen LogP contribution in [-0.4, -0.2) is 19.8 Å². The van der Waals surface area contributed by atoms with Crippen molar-refractivity contribution in [3.8, 4) is 17.2 Å². The fourth-order valence-corrected chi connectivity index (χ4v) is 7.60. The third-order valence-corrected chi connectivity index (χ3v) is 11.2. The summed E-state index contributed by atoms with van der Waals surface area (Å²) in [6.45, 7) is 30.2. The minimum absolute atomic E-state index is 0.0505. The molecule has 6 bridgehead atoms. The fourth-order valence-electron chi connectivity index (χ4n) is 7.60. The second-order valence-corrected chi connectivity index (χ2v) is 19.3.